The minimum absolute atomic E-state index is 0.00137. The first-order valence-corrected chi connectivity index (χ1v) is 20.2. The van der Waals surface area contributed by atoms with E-state index in [4.69, 9.17) is 14.5 Å². The van der Waals surface area contributed by atoms with E-state index in [-0.39, 0.29) is 54.2 Å². The van der Waals surface area contributed by atoms with Crippen molar-refractivity contribution >= 4 is 34.9 Å². The second-order valence-corrected chi connectivity index (χ2v) is 16.3. The predicted molar refractivity (Wildman–Crippen MR) is 214 cm³/mol. The number of esters is 1. The number of amides is 3. The maximum Gasteiger partial charge on any atom is 0.407 e. The number of H-pyrrole nitrogens is 2. The van der Waals surface area contributed by atoms with Crippen LogP contribution in [0.25, 0.3) is 22.3 Å². The molecule has 4 fully saturated rings. The summed E-state index contributed by atoms with van der Waals surface area (Å²) in [6.07, 6.45) is 6.90. The van der Waals surface area contributed by atoms with Crippen LogP contribution in [-0.4, -0.2) is 86.5 Å². The summed E-state index contributed by atoms with van der Waals surface area (Å²) in [7, 11) is 2.66. The van der Waals surface area contributed by atoms with Crippen LogP contribution < -0.4 is 5.32 Å². The zero-order valence-electron chi connectivity index (χ0n) is 33.6. The first kappa shape index (κ1) is 39.6. The smallest absolute Gasteiger partial charge is 0.407 e. The van der Waals surface area contributed by atoms with E-state index in [2.05, 4.69) is 32.1 Å². The maximum absolute atomic E-state index is 14.1. The lowest BCUT2D eigenvalue weighted by Gasteiger charge is -2.51. The fourth-order valence-electron chi connectivity index (χ4n) is 8.85. The average Bonchev–Trinajstić information content (AvgIpc) is 4.01. The molecule has 8 rings (SSSR count). The number of aromatic nitrogens is 4. The second-order valence-electron chi connectivity index (χ2n) is 16.3. The van der Waals surface area contributed by atoms with Gasteiger partial charge >= 0.3 is 12.1 Å². The van der Waals surface area contributed by atoms with Crippen molar-refractivity contribution in [3.05, 3.63) is 71.4 Å². The van der Waals surface area contributed by atoms with Gasteiger partial charge in [-0.15, -0.1) is 0 Å². The van der Waals surface area contributed by atoms with Gasteiger partial charge in [-0.1, -0.05) is 51.7 Å². The third kappa shape index (κ3) is 8.27. The molecule has 3 N–H and O–H groups in total. The molecule has 0 radical (unpaired) electrons. The van der Waals surface area contributed by atoms with Gasteiger partial charge in [-0.2, -0.15) is 0 Å². The summed E-state index contributed by atoms with van der Waals surface area (Å²) >= 11 is 0. The third-order valence-corrected chi connectivity index (χ3v) is 12.0. The number of rotatable bonds is 10. The lowest BCUT2D eigenvalue weighted by Crippen LogP contribution is -2.55. The highest BCUT2D eigenvalue weighted by atomic mass is 16.5. The van der Waals surface area contributed by atoms with Gasteiger partial charge in [-0.3, -0.25) is 14.4 Å². The van der Waals surface area contributed by atoms with Crippen molar-refractivity contribution in [3.63, 3.8) is 0 Å². The molecule has 13 heteroatoms. The second kappa shape index (κ2) is 16.8. The van der Waals surface area contributed by atoms with E-state index in [1.165, 1.54) is 14.2 Å². The average molecular weight is 776 g/mol. The fourth-order valence-corrected chi connectivity index (χ4v) is 8.85. The summed E-state index contributed by atoms with van der Waals surface area (Å²) in [5.74, 6) is 7.34. The standard InChI is InChI=1S/C44H53N7O6/c1-25(2)32(23-37(52)56-5)42(53)51-31-18-16-30(17-19-31)39(51)41-46-33-20-13-28(22-34(33)47-41)10-9-27-11-14-29(15-12-27)35-24-45-40(48-35)36-8-7-21-50(36)43(54)38(26(3)4)49-44(55)57-6/h11-15,20,22,24-26,30-32,36,38-39H,7-8,16-19,21,23H2,1-6H3,(H,45,48)(H,46,47)(H,49,55)/t30?,31?,32-,36-,38-,39-/m0/s1. The van der Waals surface area contributed by atoms with Gasteiger partial charge in [-0.05, 0) is 92.2 Å². The number of hydrogen-bond donors (Lipinski definition) is 3. The van der Waals surface area contributed by atoms with Crippen LogP contribution in [0, 0.1) is 35.5 Å². The van der Waals surface area contributed by atoms with Crippen LogP contribution in [0.4, 0.5) is 4.79 Å². The summed E-state index contributed by atoms with van der Waals surface area (Å²) < 4.78 is 9.70. The molecule has 5 heterocycles. The van der Waals surface area contributed by atoms with E-state index in [0.717, 1.165) is 77.8 Å². The number of fused-ring (bicyclic) bond motifs is 4. The van der Waals surface area contributed by atoms with Crippen LogP contribution in [0.3, 0.4) is 0 Å². The number of piperidine rings is 2. The van der Waals surface area contributed by atoms with Crippen molar-refractivity contribution in [2.45, 2.75) is 96.8 Å². The molecule has 1 aliphatic carbocycles. The van der Waals surface area contributed by atoms with E-state index >= 15 is 0 Å². The largest absolute Gasteiger partial charge is 0.469 e. The van der Waals surface area contributed by atoms with Crippen LogP contribution in [0.1, 0.15) is 108 Å². The number of nitrogens with zero attached hydrogens (tertiary/aromatic N) is 4. The van der Waals surface area contributed by atoms with Gasteiger partial charge in [0.05, 0.1) is 61.6 Å². The number of benzene rings is 2. The molecule has 13 nitrogen and oxygen atoms in total. The van der Waals surface area contributed by atoms with Crippen LogP contribution in [0.5, 0.6) is 0 Å². The van der Waals surface area contributed by atoms with Crippen molar-refractivity contribution in [1.29, 1.82) is 0 Å². The number of methoxy groups -OCH3 is 2. The van der Waals surface area contributed by atoms with Gasteiger partial charge in [0.25, 0.3) is 0 Å². The van der Waals surface area contributed by atoms with Gasteiger partial charge in [-0.25, -0.2) is 14.8 Å². The first-order valence-electron chi connectivity index (χ1n) is 20.2. The van der Waals surface area contributed by atoms with E-state index in [1.807, 2.05) is 75.1 Å². The molecule has 4 atom stereocenters. The number of nitrogens with one attached hydrogen (secondary N) is 3. The van der Waals surface area contributed by atoms with Gasteiger partial charge in [0.15, 0.2) is 0 Å². The number of hydrogen-bond acceptors (Lipinski definition) is 8. The van der Waals surface area contributed by atoms with Gasteiger partial charge in [0.1, 0.15) is 17.7 Å². The normalized spacial score (nSPS) is 21.3. The first-order chi connectivity index (χ1) is 27.4. The molecule has 0 spiro atoms. The molecule has 3 saturated heterocycles. The minimum Gasteiger partial charge on any atom is -0.469 e. The Hall–Kier alpha value is -5.64. The number of likely N-dealkylation sites (tertiary alicyclic amines) is 1. The zero-order chi connectivity index (χ0) is 40.4. The Morgan fingerprint density at radius 2 is 1.58 bits per heavy atom. The Bertz CT molecular complexity index is 2170. The van der Waals surface area contributed by atoms with Gasteiger partial charge in [0.2, 0.25) is 11.8 Å². The summed E-state index contributed by atoms with van der Waals surface area (Å²) in [6.45, 7) is 8.37. The molecule has 57 heavy (non-hydrogen) atoms. The molecule has 4 aliphatic rings. The number of aromatic amines is 2. The quantitative estimate of drug-likeness (QED) is 0.119. The summed E-state index contributed by atoms with van der Waals surface area (Å²) in [6, 6.07) is 13.0. The predicted octanol–water partition coefficient (Wildman–Crippen LogP) is 6.67. The fraction of sp³-hybridized carbons (Fsp3) is 0.500. The zero-order valence-corrected chi connectivity index (χ0v) is 33.6. The Kier molecular flexibility index (Phi) is 11.7. The van der Waals surface area contributed by atoms with Crippen molar-refractivity contribution in [3.8, 4) is 23.1 Å². The van der Waals surface area contributed by atoms with Crippen LogP contribution in [-0.2, 0) is 23.9 Å². The monoisotopic (exact) mass is 775 g/mol. The molecule has 2 aromatic heterocycles. The highest BCUT2D eigenvalue weighted by Gasteiger charge is 2.48. The van der Waals surface area contributed by atoms with Crippen molar-refractivity contribution in [2.24, 2.45) is 23.7 Å². The van der Waals surface area contributed by atoms with Crippen molar-refractivity contribution in [2.75, 3.05) is 20.8 Å². The topological polar surface area (TPSA) is 163 Å². The molecule has 300 valence electrons. The summed E-state index contributed by atoms with van der Waals surface area (Å²) in [4.78, 5) is 72.4. The number of carbonyl (C=O) groups excluding carboxylic acids is 4. The Morgan fingerprint density at radius 3 is 2.26 bits per heavy atom. The number of imidazole rings is 2. The number of carbonyl (C=O) groups is 4. The van der Waals surface area contributed by atoms with E-state index in [9.17, 15) is 19.2 Å². The molecule has 2 bridgehead atoms. The molecule has 0 unspecified atom stereocenters. The molecule has 3 amide bonds. The molecule has 3 aliphatic heterocycles. The molecular formula is C44H53N7O6. The maximum atomic E-state index is 14.1. The third-order valence-electron chi connectivity index (χ3n) is 12.0. The minimum atomic E-state index is -0.691. The molecule has 4 aromatic rings. The molecule has 2 aromatic carbocycles. The van der Waals surface area contributed by atoms with Crippen LogP contribution in [0.15, 0.2) is 48.7 Å². The highest BCUT2D eigenvalue weighted by Crippen LogP contribution is 2.48. The van der Waals surface area contributed by atoms with Crippen molar-refractivity contribution < 1.29 is 28.7 Å². The lowest BCUT2D eigenvalue weighted by atomic mass is 9.73. The van der Waals surface area contributed by atoms with Gasteiger partial charge in [0, 0.05) is 23.7 Å². The van der Waals surface area contributed by atoms with Crippen LogP contribution in [0.2, 0.25) is 0 Å². The number of alkyl carbamates (subject to hydrolysis) is 1. The highest BCUT2D eigenvalue weighted by molar-refractivity contribution is 5.87. The number of ether oxygens (including phenoxy) is 2. The van der Waals surface area contributed by atoms with E-state index in [0.29, 0.717) is 18.3 Å². The van der Waals surface area contributed by atoms with Gasteiger partial charge < -0.3 is 34.6 Å². The summed E-state index contributed by atoms with van der Waals surface area (Å²) in [5, 5.41) is 2.69. The Morgan fingerprint density at radius 1 is 0.860 bits per heavy atom. The van der Waals surface area contributed by atoms with E-state index in [1.54, 1.807) is 11.1 Å². The Labute approximate surface area is 333 Å². The van der Waals surface area contributed by atoms with E-state index < -0.39 is 18.1 Å². The Balaban J connectivity index is 1.05. The lowest BCUT2D eigenvalue weighted by molar-refractivity contribution is -0.156. The van der Waals surface area contributed by atoms with Crippen molar-refractivity contribution in [1.82, 2.24) is 35.1 Å². The SMILES string of the molecule is COC(=O)C[C@H](C(=O)N1C2CCC(CC2)[C@H]1c1nc2ccc(C#Cc3ccc(-c4cnc([C@@H]5CCCN5C(=O)[C@@H](NC(=O)OC)C(C)C)[nH]4)cc3)cc2[nH]1)C(C)C. The molecule has 1 saturated carbocycles. The summed E-state index contributed by atoms with van der Waals surface area (Å²) in [5.41, 5.74) is 5.18. The molecular weight excluding hydrogens is 723 g/mol. The van der Waals surface area contributed by atoms with Crippen LogP contribution >= 0.6 is 0 Å².